The van der Waals surface area contributed by atoms with Gasteiger partial charge in [0.1, 0.15) is 18.0 Å². The molecule has 0 bridgehead atoms. The van der Waals surface area contributed by atoms with Gasteiger partial charge in [-0.05, 0) is 18.2 Å². The molecule has 0 spiro atoms. The fourth-order valence-corrected chi connectivity index (χ4v) is 1.30. The minimum Gasteiger partial charge on any atom is -0.508 e. The summed E-state index contributed by atoms with van der Waals surface area (Å²) in [6.45, 7) is 4.57. The van der Waals surface area contributed by atoms with E-state index >= 15 is 0 Å². The van der Waals surface area contributed by atoms with Crippen LogP contribution in [0.15, 0.2) is 36.9 Å². The second-order valence-corrected chi connectivity index (χ2v) is 3.68. The van der Waals surface area contributed by atoms with Crippen molar-refractivity contribution in [1.29, 1.82) is 0 Å². The minimum absolute atomic E-state index is 0.313. The van der Waals surface area contributed by atoms with Crippen LogP contribution in [0.3, 0.4) is 0 Å². The maximum absolute atomic E-state index is 9.31. The molecule has 1 rings (SSSR count). The van der Waals surface area contributed by atoms with Crippen LogP contribution < -0.4 is 4.48 Å². The first-order valence-electron chi connectivity index (χ1n) is 4.30. The maximum atomic E-state index is 9.31. The lowest BCUT2D eigenvalue weighted by atomic mass is 10.2. The largest absolute Gasteiger partial charge is 0.508 e. The zero-order valence-corrected chi connectivity index (χ0v) is 8.20. The van der Waals surface area contributed by atoms with Crippen molar-refractivity contribution in [2.45, 2.75) is 0 Å². The third kappa shape index (κ3) is 2.33. The first kappa shape index (κ1) is 9.81. The summed E-state index contributed by atoms with van der Waals surface area (Å²) in [5.41, 5.74) is 1.08. The molecule has 1 N–H and O–H groups in total. The van der Waals surface area contributed by atoms with Gasteiger partial charge in [0.25, 0.3) is 0 Å². The van der Waals surface area contributed by atoms with Crippen molar-refractivity contribution in [2.24, 2.45) is 0 Å². The zero-order chi connectivity index (χ0) is 9.90. The monoisotopic (exact) mass is 178 g/mol. The van der Waals surface area contributed by atoms with Gasteiger partial charge >= 0.3 is 0 Å². The molecule has 0 aliphatic heterocycles. The number of aromatic hydroxyl groups is 1. The van der Waals surface area contributed by atoms with Gasteiger partial charge in [-0.25, -0.2) is 0 Å². The van der Waals surface area contributed by atoms with E-state index in [1.54, 1.807) is 12.1 Å². The molecule has 1 aromatic carbocycles. The van der Waals surface area contributed by atoms with E-state index in [4.69, 9.17) is 0 Å². The summed E-state index contributed by atoms with van der Waals surface area (Å²) in [6, 6.07) is 7.32. The lowest BCUT2D eigenvalue weighted by molar-refractivity contribution is 0.433. The molecule has 2 nitrogen and oxygen atoms in total. The van der Waals surface area contributed by atoms with Crippen LogP contribution in [-0.4, -0.2) is 25.7 Å². The molecule has 0 aliphatic carbocycles. The molecule has 0 aromatic heterocycles. The zero-order valence-electron chi connectivity index (χ0n) is 8.20. The number of hydrogen-bond donors (Lipinski definition) is 1. The van der Waals surface area contributed by atoms with Gasteiger partial charge < -0.3 is 5.11 Å². The maximum Gasteiger partial charge on any atom is 0.136 e. The molecule has 13 heavy (non-hydrogen) atoms. The van der Waals surface area contributed by atoms with Gasteiger partial charge in [0, 0.05) is 6.07 Å². The molecule has 0 aliphatic rings. The first-order valence-corrected chi connectivity index (χ1v) is 4.30. The summed E-state index contributed by atoms with van der Waals surface area (Å²) in [4.78, 5) is 0. The first-order chi connectivity index (χ1) is 6.06. The van der Waals surface area contributed by atoms with E-state index in [-0.39, 0.29) is 0 Å². The van der Waals surface area contributed by atoms with Crippen LogP contribution in [0.1, 0.15) is 0 Å². The van der Waals surface area contributed by atoms with Crippen LogP contribution in [0.2, 0.25) is 0 Å². The second-order valence-electron chi connectivity index (χ2n) is 3.68. The van der Waals surface area contributed by atoms with Crippen molar-refractivity contribution < 1.29 is 5.11 Å². The van der Waals surface area contributed by atoms with Crippen LogP contribution >= 0.6 is 0 Å². The molecule has 0 heterocycles. The fraction of sp³-hybridized carbons (Fsp3) is 0.273. The third-order valence-corrected chi connectivity index (χ3v) is 2.11. The molecular weight excluding hydrogens is 162 g/mol. The highest BCUT2D eigenvalue weighted by atomic mass is 16.3. The van der Waals surface area contributed by atoms with Crippen LogP contribution in [-0.2, 0) is 0 Å². The summed E-state index contributed by atoms with van der Waals surface area (Å²) in [6.07, 6.45) is 1.88. The van der Waals surface area contributed by atoms with Crippen molar-refractivity contribution in [2.75, 3.05) is 20.6 Å². The van der Waals surface area contributed by atoms with Gasteiger partial charge in [-0.2, -0.15) is 0 Å². The Morgan fingerprint density at radius 2 is 2.15 bits per heavy atom. The average molecular weight is 178 g/mol. The van der Waals surface area contributed by atoms with Crippen molar-refractivity contribution in [3.63, 3.8) is 0 Å². The number of quaternary nitrogens is 1. The van der Waals surface area contributed by atoms with Gasteiger partial charge in [0.15, 0.2) is 0 Å². The average Bonchev–Trinajstić information content (AvgIpc) is 2.04. The highest BCUT2D eigenvalue weighted by molar-refractivity contribution is 5.46. The smallest absolute Gasteiger partial charge is 0.136 e. The molecule has 70 valence electrons. The molecule has 0 saturated carbocycles. The van der Waals surface area contributed by atoms with Crippen LogP contribution in [0.4, 0.5) is 5.69 Å². The molecule has 0 amide bonds. The predicted molar refractivity (Wildman–Crippen MR) is 56.8 cm³/mol. The number of phenolic OH excluding ortho intramolecular Hbond substituents is 1. The topological polar surface area (TPSA) is 20.2 Å². The molecule has 0 radical (unpaired) electrons. The number of phenols is 1. The summed E-state index contributed by atoms with van der Waals surface area (Å²) in [5.74, 6) is 0.313. The van der Waals surface area contributed by atoms with E-state index in [2.05, 4.69) is 20.7 Å². The fourth-order valence-electron chi connectivity index (χ4n) is 1.30. The molecule has 2 heteroatoms. The Labute approximate surface area is 79.3 Å². The molecule has 0 unspecified atom stereocenters. The summed E-state index contributed by atoms with van der Waals surface area (Å²) >= 11 is 0. The number of benzene rings is 1. The molecule has 0 atom stereocenters. The van der Waals surface area contributed by atoms with Crippen LogP contribution in [0.25, 0.3) is 0 Å². The number of rotatable bonds is 3. The van der Waals surface area contributed by atoms with Crippen LogP contribution in [0.5, 0.6) is 5.75 Å². The van der Waals surface area contributed by atoms with Gasteiger partial charge in [-0.1, -0.05) is 12.6 Å². The van der Waals surface area contributed by atoms with Crippen molar-refractivity contribution in [1.82, 2.24) is 4.48 Å². The van der Waals surface area contributed by atoms with Crippen LogP contribution in [0, 0.1) is 0 Å². The summed E-state index contributed by atoms with van der Waals surface area (Å²) in [7, 11) is 4.16. The third-order valence-electron chi connectivity index (χ3n) is 2.11. The Hall–Kier alpha value is -1.28. The number of nitrogens with zero attached hydrogens (tertiary/aromatic N) is 1. The standard InChI is InChI=1S/C11H15NO/c1-4-8-12(2,3)10-6-5-7-11(13)9-10/h4-7,9H,1,8H2,2-3H3/p+1. The van der Waals surface area contributed by atoms with Crippen molar-refractivity contribution in [3.05, 3.63) is 36.9 Å². The van der Waals surface area contributed by atoms with Crippen molar-refractivity contribution in [3.8, 4) is 5.75 Å². The van der Waals surface area contributed by atoms with Crippen molar-refractivity contribution >= 4 is 5.69 Å². The number of hydrogen-bond acceptors (Lipinski definition) is 1. The lowest BCUT2D eigenvalue weighted by Gasteiger charge is -2.27. The van der Waals surface area contributed by atoms with E-state index in [1.165, 1.54) is 0 Å². The van der Waals surface area contributed by atoms with Gasteiger partial charge in [-0.15, -0.1) is 0 Å². The molecular formula is C11H16NO+. The lowest BCUT2D eigenvalue weighted by Crippen LogP contribution is -2.40. The van der Waals surface area contributed by atoms with Gasteiger partial charge in [0.2, 0.25) is 0 Å². The summed E-state index contributed by atoms with van der Waals surface area (Å²) < 4.78 is 0.706. The SMILES string of the molecule is C=CC[N+](C)(C)c1cccc(O)c1. The Morgan fingerprint density at radius 1 is 1.46 bits per heavy atom. The van der Waals surface area contributed by atoms with E-state index in [0.29, 0.717) is 10.2 Å². The van der Waals surface area contributed by atoms with E-state index in [9.17, 15) is 5.11 Å². The molecule has 1 aromatic rings. The minimum atomic E-state index is 0.313. The van der Waals surface area contributed by atoms with E-state index in [0.717, 1.165) is 12.2 Å². The Morgan fingerprint density at radius 3 is 2.69 bits per heavy atom. The molecule has 0 saturated heterocycles. The Bertz CT molecular complexity index is 305. The quantitative estimate of drug-likeness (QED) is 0.555. The highest BCUT2D eigenvalue weighted by Crippen LogP contribution is 2.22. The van der Waals surface area contributed by atoms with Gasteiger partial charge in [0.05, 0.1) is 14.1 Å². The predicted octanol–water partition coefficient (Wildman–Crippen LogP) is 2.15. The summed E-state index contributed by atoms with van der Waals surface area (Å²) in [5, 5.41) is 9.31. The Balaban J connectivity index is 2.99. The molecule has 0 fully saturated rings. The van der Waals surface area contributed by atoms with E-state index in [1.807, 2.05) is 18.2 Å². The van der Waals surface area contributed by atoms with Gasteiger partial charge in [-0.3, -0.25) is 4.48 Å². The Kier molecular flexibility index (Phi) is 2.73. The normalized spacial score (nSPS) is 11.2. The highest BCUT2D eigenvalue weighted by Gasteiger charge is 2.16. The second kappa shape index (κ2) is 3.62. The number of likely N-dealkylation sites (N-methyl/N-ethyl adjacent to an activating group) is 1. The van der Waals surface area contributed by atoms with E-state index < -0.39 is 0 Å².